The fourth-order valence-electron chi connectivity index (χ4n) is 8.65. The van der Waals surface area contributed by atoms with E-state index in [1.54, 1.807) is 0 Å². The van der Waals surface area contributed by atoms with Crippen LogP contribution in [0, 0.1) is 0 Å². The number of furan rings is 1. The van der Waals surface area contributed by atoms with Crippen LogP contribution in [0.4, 0.5) is 0 Å². The van der Waals surface area contributed by atoms with Gasteiger partial charge >= 0.3 is 0 Å². The number of para-hydroxylation sites is 4. The van der Waals surface area contributed by atoms with Crippen molar-refractivity contribution in [1.82, 2.24) is 24.1 Å². The predicted octanol–water partition coefficient (Wildman–Crippen LogP) is 13.0. The van der Waals surface area contributed by atoms with Crippen molar-refractivity contribution in [1.29, 1.82) is 0 Å². The van der Waals surface area contributed by atoms with Crippen LogP contribution >= 0.6 is 0 Å². The number of rotatable bonds is 5. The molecular weight excluding hydrogens is 699 g/mol. The molecule has 8 aromatic carbocycles. The maximum atomic E-state index is 6.99. The highest BCUT2D eigenvalue weighted by atomic mass is 16.3. The fourth-order valence-corrected chi connectivity index (χ4v) is 8.65. The Morgan fingerprint density at radius 2 is 0.912 bits per heavy atom. The molecule has 6 heteroatoms. The van der Waals surface area contributed by atoms with E-state index in [4.69, 9.17) is 19.4 Å². The van der Waals surface area contributed by atoms with E-state index in [1.165, 1.54) is 21.8 Å². The molecule has 0 aliphatic heterocycles. The van der Waals surface area contributed by atoms with Crippen molar-refractivity contribution in [2.75, 3.05) is 0 Å². The summed E-state index contributed by atoms with van der Waals surface area (Å²) in [6.07, 6.45) is 0. The Kier molecular flexibility index (Phi) is 6.83. The Balaban J connectivity index is 1.12. The van der Waals surface area contributed by atoms with E-state index in [1.807, 2.05) is 60.7 Å². The average Bonchev–Trinajstić information content (AvgIpc) is 3.95. The largest absolute Gasteiger partial charge is 0.455 e. The first-order valence-corrected chi connectivity index (χ1v) is 19.1. The molecule has 12 rings (SSSR count). The highest BCUT2D eigenvalue weighted by Crippen LogP contribution is 2.44. The lowest BCUT2D eigenvalue weighted by atomic mass is 10.1. The molecule has 0 bridgehead atoms. The zero-order valence-electron chi connectivity index (χ0n) is 30.5. The van der Waals surface area contributed by atoms with Crippen LogP contribution in [0.5, 0.6) is 0 Å². The minimum atomic E-state index is 0.590. The fraction of sp³-hybridized carbons (Fsp3) is 0. The Morgan fingerprint density at radius 3 is 1.56 bits per heavy atom. The van der Waals surface area contributed by atoms with Gasteiger partial charge in [-0.2, -0.15) is 0 Å². The van der Waals surface area contributed by atoms with Crippen molar-refractivity contribution >= 4 is 65.6 Å². The van der Waals surface area contributed by atoms with Crippen LogP contribution in [0.1, 0.15) is 0 Å². The molecule has 266 valence electrons. The van der Waals surface area contributed by atoms with Crippen LogP contribution < -0.4 is 0 Å². The molecule has 0 amide bonds. The van der Waals surface area contributed by atoms with Gasteiger partial charge in [-0.15, -0.1) is 0 Å². The molecule has 0 aliphatic carbocycles. The van der Waals surface area contributed by atoms with Gasteiger partial charge in [0.1, 0.15) is 11.2 Å². The number of hydrogen-bond acceptors (Lipinski definition) is 4. The molecule has 0 unspecified atom stereocenters. The van der Waals surface area contributed by atoms with Gasteiger partial charge in [-0.25, -0.2) is 15.0 Å². The molecule has 0 aliphatic rings. The van der Waals surface area contributed by atoms with Gasteiger partial charge in [0, 0.05) is 49.3 Å². The van der Waals surface area contributed by atoms with Crippen molar-refractivity contribution < 1.29 is 4.42 Å². The number of nitrogens with zero attached hydrogens (tertiary/aromatic N) is 5. The van der Waals surface area contributed by atoms with E-state index in [0.29, 0.717) is 17.5 Å². The van der Waals surface area contributed by atoms with Crippen molar-refractivity contribution in [3.63, 3.8) is 0 Å². The first-order valence-electron chi connectivity index (χ1n) is 19.1. The normalized spacial score (nSPS) is 11.9. The van der Waals surface area contributed by atoms with E-state index >= 15 is 0 Å². The lowest BCUT2D eigenvalue weighted by molar-refractivity contribution is 0.673. The lowest BCUT2D eigenvalue weighted by Gasteiger charge is -2.14. The summed E-state index contributed by atoms with van der Waals surface area (Å²) in [7, 11) is 0. The molecule has 0 N–H and O–H groups in total. The van der Waals surface area contributed by atoms with Crippen molar-refractivity contribution in [2.24, 2.45) is 0 Å². The van der Waals surface area contributed by atoms with Crippen LogP contribution in [-0.4, -0.2) is 24.1 Å². The number of fused-ring (bicyclic) bond motifs is 10. The van der Waals surface area contributed by atoms with Crippen LogP contribution in [0.15, 0.2) is 192 Å². The third-order valence-corrected chi connectivity index (χ3v) is 11.2. The highest BCUT2D eigenvalue weighted by molar-refractivity contribution is 6.25. The summed E-state index contributed by atoms with van der Waals surface area (Å²) in [6.45, 7) is 0. The van der Waals surface area contributed by atoms with Crippen LogP contribution in [0.2, 0.25) is 0 Å². The third-order valence-electron chi connectivity index (χ3n) is 11.2. The molecule has 0 saturated heterocycles. The number of benzene rings is 8. The van der Waals surface area contributed by atoms with Gasteiger partial charge in [-0.05, 0) is 54.6 Å². The Morgan fingerprint density at radius 1 is 0.368 bits per heavy atom. The summed E-state index contributed by atoms with van der Waals surface area (Å²) in [5.41, 5.74) is 11.1. The second kappa shape index (κ2) is 12.3. The second-order valence-electron chi connectivity index (χ2n) is 14.4. The Bertz CT molecular complexity index is 3400. The van der Waals surface area contributed by atoms with Gasteiger partial charge in [-0.3, -0.25) is 0 Å². The van der Waals surface area contributed by atoms with Gasteiger partial charge in [0.05, 0.1) is 33.1 Å². The Labute approximate surface area is 326 Å². The van der Waals surface area contributed by atoms with Crippen LogP contribution in [0.25, 0.3) is 111 Å². The van der Waals surface area contributed by atoms with Crippen molar-refractivity contribution in [3.8, 4) is 45.5 Å². The molecule has 0 saturated carbocycles. The molecule has 0 radical (unpaired) electrons. The first-order chi connectivity index (χ1) is 28.3. The highest BCUT2D eigenvalue weighted by Gasteiger charge is 2.23. The third kappa shape index (κ3) is 4.81. The van der Waals surface area contributed by atoms with Gasteiger partial charge in [0.25, 0.3) is 0 Å². The molecule has 57 heavy (non-hydrogen) atoms. The maximum Gasteiger partial charge on any atom is 0.164 e. The first kappa shape index (κ1) is 31.5. The molecular formula is C51H31N5O. The summed E-state index contributed by atoms with van der Waals surface area (Å²) in [5, 5.41) is 6.75. The molecule has 12 aromatic rings. The van der Waals surface area contributed by atoms with Gasteiger partial charge in [-0.1, -0.05) is 133 Å². The number of hydrogen-bond donors (Lipinski definition) is 0. The van der Waals surface area contributed by atoms with Crippen molar-refractivity contribution in [3.05, 3.63) is 188 Å². The quantitative estimate of drug-likeness (QED) is 0.177. The molecule has 6 nitrogen and oxygen atoms in total. The molecule has 0 spiro atoms. The van der Waals surface area contributed by atoms with E-state index in [-0.39, 0.29) is 0 Å². The predicted molar refractivity (Wildman–Crippen MR) is 232 cm³/mol. The second-order valence-corrected chi connectivity index (χ2v) is 14.4. The minimum Gasteiger partial charge on any atom is -0.455 e. The lowest BCUT2D eigenvalue weighted by Crippen LogP contribution is -2.00. The summed E-state index contributed by atoms with van der Waals surface area (Å²) in [5.74, 6) is 1.84. The topological polar surface area (TPSA) is 61.7 Å². The molecule has 4 heterocycles. The van der Waals surface area contributed by atoms with E-state index < -0.39 is 0 Å². The summed E-state index contributed by atoms with van der Waals surface area (Å²) in [6, 6.07) is 65.5. The summed E-state index contributed by atoms with van der Waals surface area (Å²) >= 11 is 0. The van der Waals surface area contributed by atoms with Gasteiger partial charge in [0.15, 0.2) is 17.5 Å². The Hall–Kier alpha value is -7.83. The summed E-state index contributed by atoms with van der Waals surface area (Å²) in [4.78, 5) is 14.9. The minimum absolute atomic E-state index is 0.590. The van der Waals surface area contributed by atoms with Crippen molar-refractivity contribution in [2.45, 2.75) is 0 Å². The zero-order chi connectivity index (χ0) is 37.5. The van der Waals surface area contributed by atoms with Crippen LogP contribution in [0.3, 0.4) is 0 Å². The standard InChI is InChI=1S/C51H31N5O/c1-4-15-32(16-5-1)49-52-50(33-17-6-2-7-18-33)54-51(53-49)34-27-28-38-39-29-30-43-46(48(39)57-45(38)31-34)40-23-14-26-44(47(40)55(43)35-19-8-3-9-20-35)56-41-24-12-10-21-36(41)37-22-11-13-25-42(37)56/h1-31H. The molecule has 0 fully saturated rings. The van der Waals surface area contributed by atoms with E-state index in [2.05, 4.69) is 137 Å². The molecule has 0 atom stereocenters. The average molecular weight is 730 g/mol. The van der Waals surface area contributed by atoms with Crippen LogP contribution in [-0.2, 0) is 0 Å². The maximum absolute atomic E-state index is 6.99. The van der Waals surface area contributed by atoms with Gasteiger partial charge in [0.2, 0.25) is 0 Å². The summed E-state index contributed by atoms with van der Waals surface area (Å²) < 4.78 is 11.8. The number of aromatic nitrogens is 5. The van der Waals surface area contributed by atoms with E-state index in [0.717, 1.165) is 71.8 Å². The molecule has 4 aromatic heterocycles. The van der Waals surface area contributed by atoms with E-state index in [9.17, 15) is 0 Å². The monoisotopic (exact) mass is 729 g/mol. The smallest absolute Gasteiger partial charge is 0.164 e. The van der Waals surface area contributed by atoms with Gasteiger partial charge < -0.3 is 13.6 Å². The zero-order valence-corrected chi connectivity index (χ0v) is 30.5. The SMILES string of the molecule is c1ccc(-c2nc(-c3ccccc3)nc(-c3ccc4c(c3)oc3c4ccc4c3c3cccc(-n5c6ccccc6c6ccccc65)c3n4-c3ccccc3)n2)cc1.